The van der Waals surface area contributed by atoms with Gasteiger partial charge < -0.3 is 11.5 Å². The molecule has 1 aromatic carbocycles. The van der Waals surface area contributed by atoms with E-state index < -0.39 is 23.6 Å². The van der Waals surface area contributed by atoms with E-state index in [9.17, 15) is 19.2 Å². The number of hydrogen-bond donors (Lipinski definition) is 2. The Morgan fingerprint density at radius 1 is 0.808 bits per heavy atom. The summed E-state index contributed by atoms with van der Waals surface area (Å²) in [5.41, 5.74) is 13.2. The Kier molecular flexibility index (Phi) is 4.31. The second kappa shape index (κ2) is 6.32. The van der Waals surface area contributed by atoms with Crippen LogP contribution in [0, 0.1) is 13.8 Å². The second-order valence-corrected chi connectivity index (χ2v) is 6.08. The van der Waals surface area contributed by atoms with E-state index in [1.54, 1.807) is 26.0 Å². The monoisotopic (exact) mass is 354 g/mol. The van der Waals surface area contributed by atoms with Crippen molar-refractivity contribution in [3.05, 3.63) is 46.6 Å². The quantitative estimate of drug-likeness (QED) is 0.722. The molecule has 2 aliphatic rings. The molecule has 8 heteroatoms. The summed E-state index contributed by atoms with van der Waals surface area (Å²) in [5, 5.41) is 0. The van der Waals surface area contributed by atoms with Gasteiger partial charge in [-0.1, -0.05) is 6.07 Å². The van der Waals surface area contributed by atoms with Crippen molar-refractivity contribution in [2.45, 2.75) is 13.8 Å². The van der Waals surface area contributed by atoms with Gasteiger partial charge in [-0.2, -0.15) is 0 Å². The number of nitrogens with two attached hydrogens (primary N) is 2. The van der Waals surface area contributed by atoms with Gasteiger partial charge in [0, 0.05) is 36.4 Å². The molecule has 0 atom stereocenters. The van der Waals surface area contributed by atoms with Gasteiger partial charge in [0.25, 0.3) is 23.6 Å². The van der Waals surface area contributed by atoms with Crippen molar-refractivity contribution in [2.75, 3.05) is 22.9 Å². The molecule has 0 unspecified atom stereocenters. The first kappa shape index (κ1) is 17.7. The molecular weight excluding hydrogens is 336 g/mol. The van der Waals surface area contributed by atoms with Gasteiger partial charge in [0.1, 0.15) is 0 Å². The highest BCUT2D eigenvalue weighted by molar-refractivity contribution is 6.33. The standard InChI is InChI=1S/C18H18N4O4/c1-9-3-4-13(21-14(23)5-11(7-19)17(21)25)10(2)16(9)22-15(24)6-12(8-20)18(22)26/h3-6H,7-8,19-20H2,1-2H3. The largest absolute Gasteiger partial charge is 0.326 e. The number of amides is 4. The van der Waals surface area contributed by atoms with Crippen LogP contribution in [0.15, 0.2) is 35.4 Å². The number of carbonyl (C=O) groups is 4. The van der Waals surface area contributed by atoms with Crippen LogP contribution in [0.2, 0.25) is 0 Å². The molecule has 0 bridgehead atoms. The molecule has 0 spiro atoms. The van der Waals surface area contributed by atoms with Crippen LogP contribution in [-0.4, -0.2) is 36.7 Å². The fourth-order valence-corrected chi connectivity index (χ4v) is 3.18. The number of rotatable bonds is 4. The summed E-state index contributed by atoms with van der Waals surface area (Å²) in [6.07, 6.45) is 2.40. The van der Waals surface area contributed by atoms with E-state index in [0.29, 0.717) is 22.5 Å². The van der Waals surface area contributed by atoms with Gasteiger partial charge in [-0.05, 0) is 31.0 Å². The Bertz CT molecular complexity index is 929. The third-order valence-electron chi connectivity index (χ3n) is 4.50. The molecule has 8 nitrogen and oxygen atoms in total. The number of nitrogens with zero attached hydrogens (tertiary/aromatic N) is 2. The fraction of sp³-hybridized carbons (Fsp3) is 0.222. The van der Waals surface area contributed by atoms with E-state index >= 15 is 0 Å². The van der Waals surface area contributed by atoms with Crippen LogP contribution in [0.25, 0.3) is 0 Å². The van der Waals surface area contributed by atoms with Crippen LogP contribution in [0.1, 0.15) is 11.1 Å². The maximum Gasteiger partial charge on any atom is 0.262 e. The Hall–Kier alpha value is -3.10. The summed E-state index contributed by atoms with van der Waals surface area (Å²) >= 11 is 0. The van der Waals surface area contributed by atoms with Crippen LogP contribution in [0.4, 0.5) is 11.4 Å². The first-order chi connectivity index (χ1) is 12.3. The average molecular weight is 354 g/mol. The zero-order chi connectivity index (χ0) is 19.2. The van der Waals surface area contributed by atoms with E-state index in [-0.39, 0.29) is 24.2 Å². The molecule has 0 aliphatic carbocycles. The summed E-state index contributed by atoms with van der Waals surface area (Å²) in [6.45, 7) is 3.29. The lowest BCUT2D eigenvalue weighted by Crippen LogP contribution is -2.35. The Labute approximate surface area is 149 Å². The predicted molar refractivity (Wildman–Crippen MR) is 95.2 cm³/mol. The summed E-state index contributed by atoms with van der Waals surface area (Å²) in [5.74, 6) is -2.01. The van der Waals surface area contributed by atoms with E-state index in [1.165, 1.54) is 12.2 Å². The second-order valence-electron chi connectivity index (χ2n) is 6.08. The zero-order valence-electron chi connectivity index (χ0n) is 14.4. The average Bonchev–Trinajstić information content (AvgIpc) is 3.05. The fourth-order valence-electron chi connectivity index (χ4n) is 3.18. The minimum absolute atomic E-state index is 0.0499. The molecule has 1 aromatic rings. The van der Waals surface area contributed by atoms with E-state index in [4.69, 9.17) is 11.5 Å². The summed E-state index contributed by atoms with van der Waals surface area (Å²) in [7, 11) is 0. The minimum atomic E-state index is -0.506. The van der Waals surface area contributed by atoms with Crippen molar-refractivity contribution in [3.63, 3.8) is 0 Å². The molecule has 0 saturated heterocycles. The van der Waals surface area contributed by atoms with Gasteiger partial charge in [0.2, 0.25) is 0 Å². The molecule has 0 fully saturated rings. The highest BCUT2D eigenvalue weighted by Gasteiger charge is 2.37. The van der Waals surface area contributed by atoms with Gasteiger partial charge in [-0.25, -0.2) is 9.80 Å². The van der Waals surface area contributed by atoms with Crippen molar-refractivity contribution in [1.29, 1.82) is 0 Å². The van der Waals surface area contributed by atoms with Gasteiger partial charge in [-0.15, -0.1) is 0 Å². The lowest BCUT2D eigenvalue weighted by atomic mass is 10.0. The summed E-state index contributed by atoms with van der Waals surface area (Å²) < 4.78 is 0. The lowest BCUT2D eigenvalue weighted by Gasteiger charge is -2.25. The van der Waals surface area contributed by atoms with Crippen LogP contribution < -0.4 is 21.3 Å². The summed E-state index contributed by atoms with van der Waals surface area (Å²) in [6, 6.07) is 3.26. The molecule has 0 aromatic heterocycles. The topological polar surface area (TPSA) is 127 Å². The molecule has 0 radical (unpaired) electrons. The number of aryl methyl sites for hydroxylation is 1. The molecule has 4 amide bonds. The number of benzene rings is 1. The first-order valence-corrected chi connectivity index (χ1v) is 8.00. The first-order valence-electron chi connectivity index (χ1n) is 8.00. The molecule has 0 saturated carbocycles. The van der Waals surface area contributed by atoms with Crippen molar-refractivity contribution in [1.82, 2.24) is 0 Å². The maximum atomic E-state index is 12.5. The highest BCUT2D eigenvalue weighted by Crippen LogP contribution is 2.36. The smallest absolute Gasteiger partial charge is 0.262 e. The van der Waals surface area contributed by atoms with Crippen molar-refractivity contribution < 1.29 is 19.2 Å². The third kappa shape index (κ3) is 2.47. The maximum absolute atomic E-state index is 12.5. The predicted octanol–water partition coefficient (Wildman–Crippen LogP) is -0.180. The number of carbonyl (C=O) groups excluding carboxylic acids is 4. The Balaban J connectivity index is 2.10. The molecule has 134 valence electrons. The molecule has 26 heavy (non-hydrogen) atoms. The van der Waals surface area contributed by atoms with E-state index in [1.807, 2.05) is 0 Å². The minimum Gasteiger partial charge on any atom is -0.326 e. The van der Waals surface area contributed by atoms with Crippen molar-refractivity contribution >= 4 is 35.0 Å². The van der Waals surface area contributed by atoms with Gasteiger partial charge in [0.15, 0.2) is 0 Å². The Morgan fingerprint density at radius 3 is 1.81 bits per heavy atom. The van der Waals surface area contributed by atoms with Gasteiger partial charge in [0.05, 0.1) is 11.4 Å². The molecular formula is C18H18N4O4. The lowest BCUT2D eigenvalue weighted by molar-refractivity contribution is -0.121. The third-order valence-corrected chi connectivity index (χ3v) is 4.50. The molecule has 3 rings (SSSR count). The highest BCUT2D eigenvalue weighted by atomic mass is 16.2. The van der Waals surface area contributed by atoms with Gasteiger partial charge >= 0.3 is 0 Å². The molecule has 4 N–H and O–H groups in total. The molecule has 2 aliphatic heterocycles. The normalized spacial score (nSPS) is 17.4. The van der Waals surface area contributed by atoms with Crippen LogP contribution >= 0.6 is 0 Å². The zero-order valence-corrected chi connectivity index (χ0v) is 14.4. The number of imide groups is 2. The van der Waals surface area contributed by atoms with E-state index in [2.05, 4.69) is 0 Å². The SMILES string of the molecule is Cc1ccc(N2C(=O)C=C(CN)C2=O)c(C)c1N1C(=O)C=C(CN)C1=O. The van der Waals surface area contributed by atoms with Crippen molar-refractivity contribution in [3.8, 4) is 0 Å². The summed E-state index contributed by atoms with van der Waals surface area (Å²) in [4.78, 5) is 51.5. The Morgan fingerprint density at radius 2 is 1.31 bits per heavy atom. The van der Waals surface area contributed by atoms with Crippen LogP contribution in [0.3, 0.4) is 0 Å². The number of anilines is 2. The van der Waals surface area contributed by atoms with Gasteiger partial charge in [-0.3, -0.25) is 19.2 Å². The van der Waals surface area contributed by atoms with Crippen molar-refractivity contribution in [2.24, 2.45) is 11.5 Å². The molecule has 2 heterocycles. The van der Waals surface area contributed by atoms with Crippen LogP contribution in [0.5, 0.6) is 0 Å². The van der Waals surface area contributed by atoms with Crippen LogP contribution in [-0.2, 0) is 19.2 Å². The number of hydrogen-bond acceptors (Lipinski definition) is 6. The van der Waals surface area contributed by atoms with E-state index in [0.717, 1.165) is 9.80 Å².